The van der Waals surface area contributed by atoms with Crippen molar-refractivity contribution < 1.29 is 23.1 Å². The molecule has 0 atom stereocenters. The molecule has 4 nitrogen and oxygen atoms in total. The van der Waals surface area contributed by atoms with E-state index in [0.717, 1.165) is 11.1 Å². The van der Waals surface area contributed by atoms with Gasteiger partial charge in [-0.3, -0.25) is 9.69 Å². The second-order valence-corrected chi connectivity index (χ2v) is 6.23. The summed E-state index contributed by atoms with van der Waals surface area (Å²) in [6.45, 7) is 3.93. The average Bonchev–Trinajstić information content (AvgIpc) is 2.39. The number of aryl methyl sites for hydroxylation is 2. The highest BCUT2D eigenvalue weighted by atomic mass is 19.4. The number of hydrogen-bond donors (Lipinski definition) is 2. The molecule has 1 saturated heterocycles. The van der Waals surface area contributed by atoms with E-state index in [4.69, 9.17) is 0 Å². The van der Waals surface area contributed by atoms with E-state index in [9.17, 15) is 23.1 Å². The number of carbonyl (C=O) groups is 1. The Morgan fingerprint density at radius 2 is 1.74 bits per heavy atom. The minimum absolute atomic E-state index is 0.0148. The van der Waals surface area contributed by atoms with Crippen LogP contribution in [0.3, 0.4) is 0 Å². The Hall–Kier alpha value is -1.60. The normalized spacial score (nSPS) is 18.7. The van der Waals surface area contributed by atoms with Crippen LogP contribution in [0.4, 0.5) is 18.9 Å². The summed E-state index contributed by atoms with van der Waals surface area (Å²) in [6, 6.07) is 5.66. The highest BCUT2D eigenvalue weighted by molar-refractivity contribution is 5.92. The summed E-state index contributed by atoms with van der Waals surface area (Å²) < 4.78 is 38.2. The zero-order valence-electron chi connectivity index (χ0n) is 13.2. The lowest BCUT2D eigenvalue weighted by atomic mass is 9.91. The van der Waals surface area contributed by atoms with Gasteiger partial charge in [-0.15, -0.1) is 0 Å². The molecule has 23 heavy (non-hydrogen) atoms. The number of likely N-dealkylation sites (tertiary alicyclic amines) is 1. The molecule has 1 aliphatic rings. The maximum absolute atomic E-state index is 12.7. The van der Waals surface area contributed by atoms with Crippen molar-refractivity contribution in [3.8, 4) is 0 Å². The first-order chi connectivity index (χ1) is 10.6. The molecule has 7 heteroatoms. The Balaban J connectivity index is 1.88. The first kappa shape index (κ1) is 17.7. The minimum atomic E-state index is -4.62. The van der Waals surface area contributed by atoms with Gasteiger partial charge in [0.25, 0.3) is 0 Å². The lowest BCUT2D eigenvalue weighted by Crippen LogP contribution is -2.54. The van der Waals surface area contributed by atoms with E-state index in [2.05, 4.69) is 5.32 Å². The molecular weight excluding hydrogens is 309 g/mol. The quantitative estimate of drug-likeness (QED) is 0.896. The van der Waals surface area contributed by atoms with Gasteiger partial charge < -0.3 is 10.4 Å². The van der Waals surface area contributed by atoms with E-state index < -0.39 is 24.6 Å². The van der Waals surface area contributed by atoms with Gasteiger partial charge in [0.1, 0.15) is 0 Å². The second kappa shape index (κ2) is 6.49. The fourth-order valence-corrected chi connectivity index (χ4v) is 2.81. The Morgan fingerprint density at radius 1 is 1.22 bits per heavy atom. The fraction of sp³-hybridized carbons (Fsp3) is 0.562. The molecule has 0 spiro atoms. The van der Waals surface area contributed by atoms with Gasteiger partial charge in [0, 0.05) is 18.8 Å². The summed E-state index contributed by atoms with van der Waals surface area (Å²) >= 11 is 0. The molecule has 0 bridgehead atoms. The number of anilines is 1. The fourth-order valence-electron chi connectivity index (χ4n) is 2.81. The number of halogens is 3. The maximum atomic E-state index is 12.7. The van der Waals surface area contributed by atoms with Crippen LogP contribution < -0.4 is 5.32 Å². The first-order valence-corrected chi connectivity index (χ1v) is 7.49. The molecular formula is C16H21F3N2O2. The summed E-state index contributed by atoms with van der Waals surface area (Å²) in [5.74, 6) is -0.271. The molecule has 0 saturated carbocycles. The molecule has 0 unspecified atom stereocenters. The number of nitrogens with zero attached hydrogens (tertiary/aromatic N) is 1. The Morgan fingerprint density at radius 3 is 2.22 bits per heavy atom. The number of piperidine rings is 1. The number of benzene rings is 1. The van der Waals surface area contributed by atoms with Crippen LogP contribution in [-0.2, 0) is 4.79 Å². The van der Waals surface area contributed by atoms with Gasteiger partial charge in [-0.05, 0) is 49.9 Å². The third kappa shape index (κ3) is 4.45. The highest BCUT2D eigenvalue weighted by Gasteiger charge is 2.54. The number of carbonyl (C=O) groups excluding carboxylic acids is 1. The van der Waals surface area contributed by atoms with Gasteiger partial charge in [0.05, 0.1) is 6.54 Å². The topological polar surface area (TPSA) is 52.6 Å². The summed E-state index contributed by atoms with van der Waals surface area (Å²) in [4.78, 5) is 13.6. The molecule has 1 aromatic carbocycles. The van der Waals surface area contributed by atoms with Crippen LogP contribution in [-0.4, -0.2) is 47.3 Å². The van der Waals surface area contributed by atoms with E-state index in [1.807, 2.05) is 32.0 Å². The zero-order valence-corrected chi connectivity index (χ0v) is 13.2. The van der Waals surface area contributed by atoms with Crippen LogP contribution in [0.1, 0.15) is 24.0 Å². The Bertz CT molecular complexity index is 559. The number of rotatable bonds is 3. The smallest absolute Gasteiger partial charge is 0.380 e. The Labute approximate surface area is 133 Å². The standard InChI is InChI=1S/C16H21F3N2O2/c1-11-7-12(2)9-13(8-11)20-14(22)10-21-5-3-15(23,4-6-21)16(17,18)19/h7-9,23H,3-6,10H2,1-2H3,(H,20,22). The third-order valence-electron chi connectivity index (χ3n) is 4.08. The predicted octanol–water partition coefficient (Wildman–Crippen LogP) is 2.63. The van der Waals surface area contributed by atoms with Crippen molar-refractivity contribution in [2.45, 2.75) is 38.5 Å². The van der Waals surface area contributed by atoms with Crippen molar-refractivity contribution in [1.82, 2.24) is 4.90 Å². The van der Waals surface area contributed by atoms with Crippen LogP contribution in [0.15, 0.2) is 18.2 Å². The number of nitrogens with one attached hydrogen (secondary N) is 1. The summed E-state index contributed by atoms with van der Waals surface area (Å²) in [7, 11) is 0. The van der Waals surface area contributed by atoms with E-state index in [-0.39, 0.29) is 25.5 Å². The van der Waals surface area contributed by atoms with Crippen LogP contribution in [0.2, 0.25) is 0 Å². The van der Waals surface area contributed by atoms with E-state index in [0.29, 0.717) is 5.69 Å². The van der Waals surface area contributed by atoms with E-state index in [1.165, 1.54) is 0 Å². The van der Waals surface area contributed by atoms with Crippen LogP contribution >= 0.6 is 0 Å². The van der Waals surface area contributed by atoms with Crippen molar-refractivity contribution in [2.75, 3.05) is 25.0 Å². The third-order valence-corrected chi connectivity index (χ3v) is 4.08. The van der Waals surface area contributed by atoms with Gasteiger partial charge in [-0.1, -0.05) is 6.07 Å². The van der Waals surface area contributed by atoms with Crippen LogP contribution in [0.5, 0.6) is 0 Å². The molecule has 0 aromatic heterocycles. The van der Waals surface area contributed by atoms with Crippen LogP contribution in [0.25, 0.3) is 0 Å². The van der Waals surface area contributed by atoms with Gasteiger partial charge in [-0.25, -0.2) is 0 Å². The van der Waals surface area contributed by atoms with Gasteiger partial charge in [0.2, 0.25) is 5.91 Å². The number of amides is 1. The van der Waals surface area contributed by atoms with Crippen molar-refractivity contribution in [1.29, 1.82) is 0 Å². The summed E-state index contributed by atoms with van der Waals surface area (Å²) in [5.41, 5.74) is 0.0894. The molecule has 0 aliphatic carbocycles. The molecule has 2 N–H and O–H groups in total. The SMILES string of the molecule is Cc1cc(C)cc(NC(=O)CN2CCC(O)(C(F)(F)F)CC2)c1. The Kier molecular flexibility index (Phi) is 5.01. The molecule has 128 valence electrons. The first-order valence-electron chi connectivity index (χ1n) is 7.49. The molecule has 1 aliphatic heterocycles. The molecule has 1 amide bonds. The highest BCUT2D eigenvalue weighted by Crippen LogP contribution is 2.38. The number of hydrogen-bond acceptors (Lipinski definition) is 3. The van der Waals surface area contributed by atoms with Gasteiger partial charge in [-0.2, -0.15) is 13.2 Å². The van der Waals surface area contributed by atoms with Crippen molar-refractivity contribution in [2.24, 2.45) is 0 Å². The molecule has 2 rings (SSSR count). The molecule has 0 radical (unpaired) electrons. The predicted molar refractivity (Wildman–Crippen MR) is 81.2 cm³/mol. The summed E-state index contributed by atoms with van der Waals surface area (Å²) in [5, 5.41) is 12.4. The lowest BCUT2D eigenvalue weighted by Gasteiger charge is -2.38. The lowest BCUT2D eigenvalue weighted by molar-refractivity contribution is -0.272. The maximum Gasteiger partial charge on any atom is 0.417 e. The zero-order chi connectivity index (χ0) is 17.3. The van der Waals surface area contributed by atoms with Crippen molar-refractivity contribution in [3.05, 3.63) is 29.3 Å². The molecule has 1 heterocycles. The van der Waals surface area contributed by atoms with E-state index in [1.54, 1.807) is 4.90 Å². The average molecular weight is 330 g/mol. The molecule has 1 fully saturated rings. The second-order valence-electron chi connectivity index (χ2n) is 6.23. The summed E-state index contributed by atoms with van der Waals surface area (Å²) in [6.07, 6.45) is -5.44. The van der Waals surface area contributed by atoms with Crippen LogP contribution in [0, 0.1) is 13.8 Å². The number of aliphatic hydroxyl groups is 1. The minimum Gasteiger partial charge on any atom is -0.380 e. The van der Waals surface area contributed by atoms with Gasteiger partial charge in [0.15, 0.2) is 5.60 Å². The van der Waals surface area contributed by atoms with Crippen molar-refractivity contribution in [3.63, 3.8) is 0 Å². The monoisotopic (exact) mass is 330 g/mol. The van der Waals surface area contributed by atoms with Crippen molar-refractivity contribution >= 4 is 11.6 Å². The van der Waals surface area contributed by atoms with Gasteiger partial charge >= 0.3 is 6.18 Å². The number of alkyl halides is 3. The van der Waals surface area contributed by atoms with E-state index >= 15 is 0 Å². The largest absolute Gasteiger partial charge is 0.417 e. The molecule has 1 aromatic rings.